The van der Waals surface area contributed by atoms with Gasteiger partial charge in [-0.3, -0.25) is 9.58 Å². The summed E-state index contributed by atoms with van der Waals surface area (Å²) in [6, 6.07) is 2.68. The first-order valence-corrected chi connectivity index (χ1v) is 6.98. The molecule has 18 heavy (non-hydrogen) atoms. The number of nitrogens with zero attached hydrogens (tertiary/aromatic N) is 3. The van der Waals surface area contributed by atoms with Crippen LogP contribution in [0.4, 0.5) is 0 Å². The van der Waals surface area contributed by atoms with Crippen molar-refractivity contribution < 1.29 is 5.11 Å². The average Bonchev–Trinajstić information content (AvgIpc) is 2.59. The molecule has 0 radical (unpaired) electrons. The van der Waals surface area contributed by atoms with Gasteiger partial charge in [0.2, 0.25) is 0 Å². The molecule has 1 aromatic heterocycles. The summed E-state index contributed by atoms with van der Waals surface area (Å²) >= 11 is 0. The van der Waals surface area contributed by atoms with E-state index in [1.54, 1.807) is 0 Å². The normalized spacial score (nSPS) is 23.2. The number of hydrogen-bond acceptors (Lipinski definition) is 3. The smallest absolute Gasteiger partial charge is 0.0597 e. The Morgan fingerprint density at radius 1 is 1.50 bits per heavy atom. The monoisotopic (exact) mass is 251 g/mol. The van der Waals surface area contributed by atoms with Crippen molar-refractivity contribution in [1.82, 2.24) is 14.7 Å². The van der Waals surface area contributed by atoms with Crippen molar-refractivity contribution in [3.8, 4) is 0 Å². The van der Waals surface area contributed by atoms with Crippen LogP contribution >= 0.6 is 0 Å². The molecule has 1 aliphatic rings. The molecule has 1 N–H and O–H groups in total. The molecule has 1 saturated heterocycles. The summed E-state index contributed by atoms with van der Waals surface area (Å²) in [7, 11) is 2.01. The zero-order chi connectivity index (χ0) is 13.1. The average molecular weight is 251 g/mol. The summed E-state index contributed by atoms with van der Waals surface area (Å²) in [5.74, 6) is 0. The zero-order valence-electron chi connectivity index (χ0n) is 11.8. The van der Waals surface area contributed by atoms with Gasteiger partial charge < -0.3 is 5.11 Å². The summed E-state index contributed by atoms with van der Waals surface area (Å²) in [5.41, 5.74) is 2.35. The summed E-state index contributed by atoms with van der Waals surface area (Å²) in [6.45, 7) is 6.02. The first-order chi connectivity index (χ1) is 8.56. The second kappa shape index (κ2) is 5.85. The Morgan fingerprint density at radius 3 is 2.89 bits per heavy atom. The molecular weight excluding hydrogens is 226 g/mol. The van der Waals surface area contributed by atoms with E-state index in [0.717, 1.165) is 25.2 Å². The Balaban J connectivity index is 2.03. The number of likely N-dealkylation sites (tertiary alicyclic amines) is 1. The molecule has 1 aliphatic heterocycles. The van der Waals surface area contributed by atoms with Crippen molar-refractivity contribution >= 4 is 0 Å². The minimum Gasteiger partial charge on any atom is -0.393 e. The van der Waals surface area contributed by atoms with Crippen LogP contribution in [0.5, 0.6) is 0 Å². The number of aliphatic hydroxyl groups excluding tert-OH is 1. The molecule has 102 valence electrons. The van der Waals surface area contributed by atoms with Gasteiger partial charge in [0.25, 0.3) is 0 Å². The van der Waals surface area contributed by atoms with Crippen LogP contribution in [-0.2, 0) is 13.6 Å². The standard InChI is InChI=1S/C14H25N3O/c1-11-8-14(16(3)15-11)10-17-7-5-4-6-13(17)9-12(2)18/h8,12-13,18H,4-7,9-10H2,1-3H3. The molecule has 1 aromatic rings. The third-order valence-electron chi connectivity index (χ3n) is 3.83. The van der Waals surface area contributed by atoms with E-state index in [1.165, 1.54) is 25.0 Å². The molecule has 0 aromatic carbocycles. The minimum absolute atomic E-state index is 0.205. The quantitative estimate of drug-likeness (QED) is 0.888. The Bertz CT molecular complexity index is 386. The van der Waals surface area contributed by atoms with E-state index in [-0.39, 0.29) is 6.10 Å². The minimum atomic E-state index is -0.205. The molecule has 2 unspecified atom stereocenters. The van der Waals surface area contributed by atoms with Gasteiger partial charge >= 0.3 is 0 Å². The van der Waals surface area contributed by atoms with Crippen LogP contribution in [0.2, 0.25) is 0 Å². The van der Waals surface area contributed by atoms with Crippen molar-refractivity contribution in [2.75, 3.05) is 6.54 Å². The van der Waals surface area contributed by atoms with Crippen LogP contribution in [-0.4, -0.2) is 38.5 Å². The van der Waals surface area contributed by atoms with E-state index in [0.29, 0.717) is 6.04 Å². The highest BCUT2D eigenvalue weighted by atomic mass is 16.3. The number of aryl methyl sites for hydroxylation is 2. The van der Waals surface area contributed by atoms with E-state index in [2.05, 4.69) is 16.1 Å². The van der Waals surface area contributed by atoms with Crippen LogP contribution in [0.15, 0.2) is 6.07 Å². The van der Waals surface area contributed by atoms with Crippen LogP contribution in [0, 0.1) is 6.92 Å². The van der Waals surface area contributed by atoms with E-state index >= 15 is 0 Å². The first-order valence-electron chi connectivity index (χ1n) is 6.98. The van der Waals surface area contributed by atoms with E-state index in [4.69, 9.17) is 0 Å². The Hall–Kier alpha value is -0.870. The van der Waals surface area contributed by atoms with Gasteiger partial charge in [0, 0.05) is 19.6 Å². The highest BCUT2D eigenvalue weighted by Crippen LogP contribution is 2.23. The number of rotatable bonds is 4. The van der Waals surface area contributed by atoms with Gasteiger partial charge in [-0.05, 0) is 45.7 Å². The molecule has 0 bridgehead atoms. The molecule has 0 amide bonds. The van der Waals surface area contributed by atoms with Crippen LogP contribution in [0.25, 0.3) is 0 Å². The molecule has 4 nitrogen and oxygen atoms in total. The Labute approximate surface area is 110 Å². The van der Waals surface area contributed by atoms with Gasteiger partial charge in [-0.25, -0.2) is 0 Å². The highest BCUT2D eigenvalue weighted by molar-refractivity contribution is 5.08. The van der Waals surface area contributed by atoms with Gasteiger partial charge in [-0.2, -0.15) is 5.10 Å². The Kier molecular flexibility index (Phi) is 4.40. The molecular formula is C14H25N3O. The number of aromatic nitrogens is 2. The third kappa shape index (κ3) is 3.33. The second-order valence-corrected chi connectivity index (χ2v) is 5.61. The first kappa shape index (κ1) is 13.6. The fraction of sp³-hybridized carbons (Fsp3) is 0.786. The Morgan fingerprint density at radius 2 is 2.28 bits per heavy atom. The van der Waals surface area contributed by atoms with E-state index < -0.39 is 0 Å². The summed E-state index contributed by atoms with van der Waals surface area (Å²) in [5, 5.41) is 14.0. The lowest BCUT2D eigenvalue weighted by molar-refractivity contribution is 0.0801. The SMILES string of the molecule is Cc1cc(CN2CCCCC2CC(C)O)n(C)n1. The third-order valence-corrected chi connectivity index (χ3v) is 3.83. The summed E-state index contributed by atoms with van der Waals surface area (Å²) < 4.78 is 1.98. The highest BCUT2D eigenvalue weighted by Gasteiger charge is 2.24. The van der Waals surface area contributed by atoms with Crippen molar-refractivity contribution in [2.24, 2.45) is 7.05 Å². The van der Waals surface area contributed by atoms with Crippen LogP contribution in [0.1, 0.15) is 44.0 Å². The van der Waals surface area contributed by atoms with Crippen molar-refractivity contribution in [3.63, 3.8) is 0 Å². The lowest BCUT2D eigenvalue weighted by Gasteiger charge is -2.36. The number of aliphatic hydroxyl groups is 1. The maximum Gasteiger partial charge on any atom is 0.0597 e. The van der Waals surface area contributed by atoms with Crippen molar-refractivity contribution in [1.29, 1.82) is 0 Å². The molecule has 2 rings (SSSR count). The van der Waals surface area contributed by atoms with Gasteiger partial charge in [-0.15, -0.1) is 0 Å². The summed E-state index contributed by atoms with van der Waals surface area (Å²) in [4.78, 5) is 2.51. The van der Waals surface area contributed by atoms with E-state index in [1.807, 2.05) is 25.6 Å². The van der Waals surface area contributed by atoms with Gasteiger partial charge in [0.15, 0.2) is 0 Å². The van der Waals surface area contributed by atoms with Crippen molar-refractivity contribution in [2.45, 2.75) is 58.2 Å². The predicted octanol–water partition coefficient (Wildman–Crippen LogP) is 1.85. The van der Waals surface area contributed by atoms with Crippen molar-refractivity contribution in [3.05, 3.63) is 17.5 Å². The fourth-order valence-electron chi connectivity index (χ4n) is 2.95. The lowest BCUT2D eigenvalue weighted by Crippen LogP contribution is -2.40. The molecule has 0 aliphatic carbocycles. The molecule has 4 heteroatoms. The maximum atomic E-state index is 9.60. The fourth-order valence-corrected chi connectivity index (χ4v) is 2.95. The summed E-state index contributed by atoms with van der Waals surface area (Å²) in [6.07, 6.45) is 4.45. The van der Waals surface area contributed by atoms with E-state index in [9.17, 15) is 5.11 Å². The second-order valence-electron chi connectivity index (χ2n) is 5.61. The van der Waals surface area contributed by atoms with Crippen LogP contribution < -0.4 is 0 Å². The number of hydrogen-bond donors (Lipinski definition) is 1. The van der Waals surface area contributed by atoms with Gasteiger partial charge in [-0.1, -0.05) is 6.42 Å². The maximum absolute atomic E-state index is 9.60. The lowest BCUT2D eigenvalue weighted by atomic mass is 9.97. The van der Waals surface area contributed by atoms with Crippen LogP contribution in [0.3, 0.4) is 0 Å². The topological polar surface area (TPSA) is 41.3 Å². The zero-order valence-corrected chi connectivity index (χ0v) is 11.8. The van der Waals surface area contributed by atoms with Gasteiger partial charge in [0.1, 0.15) is 0 Å². The molecule has 0 spiro atoms. The largest absolute Gasteiger partial charge is 0.393 e. The molecule has 1 fully saturated rings. The molecule has 2 atom stereocenters. The number of piperidine rings is 1. The van der Waals surface area contributed by atoms with Gasteiger partial charge in [0.05, 0.1) is 17.5 Å². The molecule has 2 heterocycles. The molecule has 0 saturated carbocycles. The predicted molar refractivity (Wildman–Crippen MR) is 72.3 cm³/mol.